The molecule has 0 spiro atoms. The number of hydrogen-bond donors (Lipinski definition) is 1. The molecule has 22 heavy (non-hydrogen) atoms. The SMILES string of the molecule is CCCC(=O)OC(C)OC(=O)NC[C@@H](C)c1ccc(Cl)cc1. The summed E-state index contributed by atoms with van der Waals surface area (Å²) in [6.07, 6.45) is -0.512. The highest BCUT2D eigenvalue weighted by atomic mass is 35.5. The lowest BCUT2D eigenvalue weighted by Crippen LogP contribution is -2.32. The molecule has 0 aromatic heterocycles. The molecule has 0 bridgehead atoms. The third kappa shape index (κ3) is 6.80. The van der Waals surface area contributed by atoms with Crippen molar-refractivity contribution in [2.75, 3.05) is 6.54 Å². The Hall–Kier alpha value is -1.75. The van der Waals surface area contributed by atoms with Gasteiger partial charge in [0.15, 0.2) is 0 Å². The first-order valence-corrected chi connectivity index (χ1v) is 7.69. The van der Waals surface area contributed by atoms with E-state index in [1.54, 1.807) is 12.1 Å². The molecule has 5 nitrogen and oxygen atoms in total. The second kappa shape index (κ2) is 9.30. The van der Waals surface area contributed by atoms with E-state index < -0.39 is 12.4 Å². The van der Waals surface area contributed by atoms with Crippen LogP contribution in [0.3, 0.4) is 0 Å². The van der Waals surface area contributed by atoms with Crippen LogP contribution in [0.5, 0.6) is 0 Å². The third-order valence-electron chi connectivity index (χ3n) is 3.02. The highest BCUT2D eigenvalue weighted by Gasteiger charge is 2.14. The summed E-state index contributed by atoms with van der Waals surface area (Å²) in [7, 11) is 0. The summed E-state index contributed by atoms with van der Waals surface area (Å²) in [6.45, 7) is 5.78. The molecule has 122 valence electrons. The number of nitrogens with one attached hydrogen (secondary N) is 1. The lowest BCUT2D eigenvalue weighted by Gasteiger charge is -2.16. The summed E-state index contributed by atoms with van der Waals surface area (Å²) in [4.78, 5) is 22.9. The molecule has 1 amide bonds. The molecule has 1 rings (SSSR count). The Kier molecular flexibility index (Phi) is 7.74. The Labute approximate surface area is 135 Å². The van der Waals surface area contributed by atoms with Crippen LogP contribution in [0.2, 0.25) is 5.02 Å². The summed E-state index contributed by atoms with van der Waals surface area (Å²) < 4.78 is 9.89. The van der Waals surface area contributed by atoms with Crippen LogP contribution in [0.25, 0.3) is 0 Å². The second-order valence-electron chi connectivity index (χ2n) is 5.05. The van der Waals surface area contributed by atoms with Crippen LogP contribution in [0.1, 0.15) is 45.1 Å². The van der Waals surface area contributed by atoms with Gasteiger partial charge in [-0.1, -0.05) is 37.6 Å². The van der Waals surface area contributed by atoms with Gasteiger partial charge in [0.25, 0.3) is 0 Å². The minimum absolute atomic E-state index is 0.114. The Morgan fingerprint density at radius 2 is 1.82 bits per heavy atom. The van der Waals surface area contributed by atoms with Gasteiger partial charge in [-0.15, -0.1) is 0 Å². The topological polar surface area (TPSA) is 64.6 Å². The molecule has 1 unspecified atom stereocenters. The van der Waals surface area contributed by atoms with Crippen molar-refractivity contribution in [3.8, 4) is 0 Å². The van der Waals surface area contributed by atoms with Crippen molar-refractivity contribution in [2.24, 2.45) is 0 Å². The predicted molar refractivity (Wildman–Crippen MR) is 84.8 cm³/mol. The molecule has 0 aliphatic heterocycles. The van der Waals surface area contributed by atoms with Gasteiger partial charge in [0.1, 0.15) is 0 Å². The number of amides is 1. The van der Waals surface area contributed by atoms with E-state index in [0.29, 0.717) is 24.4 Å². The van der Waals surface area contributed by atoms with E-state index in [4.69, 9.17) is 21.1 Å². The predicted octanol–water partition coefficient (Wildman–Crippen LogP) is 3.86. The number of carbonyl (C=O) groups is 2. The molecule has 0 aliphatic carbocycles. The minimum atomic E-state index is -0.898. The van der Waals surface area contributed by atoms with Crippen LogP contribution >= 0.6 is 11.6 Å². The van der Waals surface area contributed by atoms with Crippen LogP contribution in [0.4, 0.5) is 4.79 Å². The van der Waals surface area contributed by atoms with Gasteiger partial charge in [0, 0.05) is 24.9 Å². The molecule has 0 saturated heterocycles. The molecule has 0 fully saturated rings. The highest BCUT2D eigenvalue weighted by Crippen LogP contribution is 2.17. The Morgan fingerprint density at radius 1 is 1.18 bits per heavy atom. The first kappa shape index (κ1) is 18.3. The van der Waals surface area contributed by atoms with Crippen LogP contribution < -0.4 is 5.32 Å². The van der Waals surface area contributed by atoms with Crippen molar-refractivity contribution in [3.63, 3.8) is 0 Å². The molecule has 0 radical (unpaired) electrons. The maximum Gasteiger partial charge on any atom is 0.410 e. The quantitative estimate of drug-likeness (QED) is 0.610. The van der Waals surface area contributed by atoms with Gasteiger partial charge in [-0.2, -0.15) is 0 Å². The van der Waals surface area contributed by atoms with E-state index in [9.17, 15) is 9.59 Å². The zero-order valence-electron chi connectivity index (χ0n) is 13.1. The van der Waals surface area contributed by atoms with Crippen molar-refractivity contribution < 1.29 is 19.1 Å². The molecule has 1 aromatic carbocycles. The monoisotopic (exact) mass is 327 g/mol. The van der Waals surface area contributed by atoms with Crippen molar-refractivity contribution in [2.45, 2.75) is 45.8 Å². The largest absolute Gasteiger partial charge is 0.425 e. The lowest BCUT2D eigenvalue weighted by molar-refractivity contribution is -0.164. The molecule has 0 aliphatic rings. The standard InChI is InChI=1S/C16H22ClNO4/c1-4-5-15(19)21-12(3)22-16(20)18-10-11(2)13-6-8-14(17)9-7-13/h6-9,11-12H,4-5,10H2,1-3H3,(H,18,20)/t11-,12?/m1/s1. The van der Waals surface area contributed by atoms with Gasteiger partial charge in [0.05, 0.1) is 0 Å². The minimum Gasteiger partial charge on any atom is -0.425 e. The van der Waals surface area contributed by atoms with Gasteiger partial charge in [-0.05, 0) is 30.0 Å². The van der Waals surface area contributed by atoms with Crippen LogP contribution in [0.15, 0.2) is 24.3 Å². The average molecular weight is 328 g/mol. The van der Waals surface area contributed by atoms with E-state index >= 15 is 0 Å². The van der Waals surface area contributed by atoms with Gasteiger partial charge in [0.2, 0.25) is 6.29 Å². The van der Waals surface area contributed by atoms with Crippen molar-refractivity contribution in [1.82, 2.24) is 5.32 Å². The summed E-state index contributed by atoms with van der Waals surface area (Å²) >= 11 is 5.83. The van der Waals surface area contributed by atoms with E-state index in [1.165, 1.54) is 6.92 Å². The normalized spacial score (nSPS) is 13.1. The number of hydrogen-bond acceptors (Lipinski definition) is 4. The van der Waals surface area contributed by atoms with Gasteiger partial charge in [-0.25, -0.2) is 4.79 Å². The molecule has 1 N–H and O–H groups in total. The van der Waals surface area contributed by atoms with E-state index in [0.717, 1.165) is 5.56 Å². The van der Waals surface area contributed by atoms with Crippen molar-refractivity contribution >= 4 is 23.7 Å². The summed E-state index contributed by atoms with van der Waals surface area (Å²) in [5.41, 5.74) is 1.06. The number of benzene rings is 1. The molecule has 2 atom stereocenters. The number of esters is 1. The lowest BCUT2D eigenvalue weighted by atomic mass is 10.0. The third-order valence-corrected chi connectivity index (χ3v) is 3.27. The molecule has 1 aromatic rings. The maximum absolute atomic E-state index is 11.6. The summed E-state index contributed by atoms with van der Waals surface area (Å²) in [5.74, 6) is -0.264. The Morgan fingerprint density at radius 3 is 2.41 bits per heavy atom. The molecule has 0 heterocycles. The summed E-state index contributed by atoms with van der Waals surface area (Å²) in [6, 6.07) is 7.44. The Bertz CT molecular complexity index is 489. The fourth-order valence-electron chi connectivity index (χ4n) is 1.81. The van der Waals surface area contributed by atoms with E-state index in [1.807, 2.05) is 26.0 Å². The van der Waals surface area contributed by atoms with Gasteiger partial charge < -0.3 is 14.8 Å². The van der Waals surface area contributed by atoms with Gasteiger partial charge in [-0.3, -0.25) is 4.79 Å². The maximum atomic E-state index is 11.6. The summed E-state index contributed by atoms with van der Waals surface area (Å²) in [5, 5.41) is 3.32. The fraction of sp³-hybridized carbons (Fsp3) is 0.500. The van der Waals surface area contributed by atoms with Crippen LogP contribution in [0, 0.1) is 0 Å². The van der Waals surface area contributed by atoms with Crippen LogP contribution in [-0.2, 0) is 14.3 Å². The number of rotatable bonds is 7. The van der Waals surface area contributed by atoms with E-state index in [-0.39, 0.29) is 11.9 Å². The first-order valence-electron chi connectivity index (χ1n) is 7.31. The number of alkyl carbamates (subject to hydrolysis) is 1. The van der Waals surface area contributed by atoms with Crippen molar-refractivity contribution in [1.29, 1.82) is 0 Å². The number of carbonyl (C=O) groups excluding carboxylic acids is 2. The smallest absolute Gasteiger partial charge is 0.410 e. The first-order chi connectivity index (χ1) is 10.4. The average Bonchev–Trinajstić information content (AvgIpc) is 2.45. The Balaban J connectivity index is 2.33. The highest BCUT2D eigenvalue weighted by molar-refractivity contribution is 6.30. The molecule has 0 saturated carbocycles. The second-order valence-corrected chi connectivity index (χ2v) is 5.48. The van der Waals surface area contributed by atoms with Crippen molar-refractivity contribution in [3.05, 3.63) is 34.9 Å². The van der Waals surface area contributed by atoms with Gasteiger partial charge >= 0.3 is 12.1 Å². The fourth-order valence-corrected chi connectivity index (χ4v) is 1.94. The zero-order valence-corrected chi connectivity index (χ0v) is 13.9. The van der Waals surface area contributed by atoms with E-state index in [2.05, 4.69) is 5.32 Å². The zero-order chi connectivity index (χ0) is 16.5. The van der Waals surface area contributed by atoms with Crippen LogP contribution in [-0.4, -0.2) is 24.9 Å². The molecule has 6 heteroatoms. The number of ether oxygens (including phenoxy) is 2. The molecular formula is C16H22ClNO4. The number of halogens is 1. The molecular weight excluding hydrogens is 306 g/mol.